The Bertz CT molecular complexity index is 494. The van der Waals surface area contributed by atoms with Crippen molar-refractivity contribution < 1.29 is 9.47 Å². The van der Waals surface area contributed by atoms with Crippen LogP contribution in [0.1, 0.15) is 5.56 Å². The lowest BCUT2D eigenvalue weighted by atomic mass is 10.1. The zero-order valence-electron chi connectivity index (χ0n) is 9.07. The van der Waals surface area contributed by atoms with Crippen LogP contribution in [0.25, 0.3) is 10.9 Å². The fourth-order valence-electron chi connectivity index (χ4n) is 1.58. The maximum absolute atomic E-state index is 5.17. The number of pyridine rings is 1. The molecular formula is C12H13NO2. The maximum atomic E-state index is 5.17. The number of benzene rings is 1. The van der Waals surface area contributed by atoms with Crippen LogP contribution in [0.5, 0.6) is 11.6 Å². The van der Waals surface area contributed by atoms with E-state index in [0.717, 1.165) is 22.2 Å². The summed E-state index contributed by atoms with van der Waals surface area (Å²) in [5.74, 6) is 1.52. The molecule has 0 spiro atoms. The number of aryl methyl sites for hydroxylation is 1. The van der Waals surface area contributed by atoms with E-state index in [0.29, 0.717) is 5.88 Å². The number of aromatic nitrogens is 1. The van der Waals surface area contributed by atoms with Crippen molar-refractivity contribution in [2.45, 2.75) is 6.92 Å². The molecule has 0 amide bonds. The lowest BCUT2D eigenvalue weighted by Crippen LogP contribution is -1.92. The minimum Gasteiger partial charge on any atom is -0.497 e. The molecular weight excluding hydrogens is 190 g/mol. The Labute approximate surface area is 88.7 Å². The van der Waals surface area contributed by atoms with Crippen LogP contribution >= 0.6 is 0 Å². The second-order valence-corrected chi connectivity index (χ2v) is 3.37. The van der Waals surface area contributed by atoms with Crippen molar-refractivity contribution in [3.05, 3.63) is 29.8 Å². The van der Waals surface area contributed by atoms with E-state index in [4.69, 9.17) is 9.47 Å². The summed E-state index contributed by atoms with van der Waals surface area (Å²) in [6.07, 6.45) is 0. The number of nitrogens with zero attached hydrogens (tertiary/aromatic N) is 1. The quantitative estimate of drug-likeness (QED) is 0.751. The van der Waals surface area contributed by atoms with Crippen molar-refractivity contribution in [1.82, 2.24) is 4.98 Å². The van der Waals surface area contributed by atoms with Crippen molar-refractivity contribution in [1.29, 1.82) is 0 Å². The molecule has 78 valence electrons. The van der Waals surface area contributed by atoms with E-state index in [-0.39, 0.29) is 0 Å². The number of hydrogen-bond acceptors (Lipinski definition) is 3. The van der Waals surface area contributed by atoms with Crippen LogP contribution < -0.4 is 9.47 Å². The van der Waals surface area contributed by atoms with E-state index in [1.165, 1.54) is 0 Å². The van der Waals surface area contributed by atoms with Gasteiger partial charge in [-0.25, -0.2) is 4.98 Å². The molecule has 3 heteroatoms. The number of hydrogen-bond donors (Lipinski definition) is 0. The van der Waals surface area contributed by atoms with E-state index in [1.54, 1.807) is 14.2 Å². The second kappa shape index (κ2) is 3.77. The van der Waals surface area contributed by atoms with Gasteiger partial charge in [-0.15, -0.1) is 0 Å². The minimum absolute atomic E-state index is 0.674. The normalized spacial score (nSPS) is 10.3. The first kappa shape index (κ1) is 9.77. The summed E-state index contributed by atoms with van der Waals surface area (Å²) in [5.41, 5.74) is 1.94. The van der Waals surface area contributed by atoms with Gasteiger partial charge in [0.25, 0.3) is 0 Å². The molecule has 0 atom stereocenters. The van der Waals surface area contributed by atoms with E-state index >= 15 is 0 Å². The van der Waals surface area contributed by atoms with Gasteiger partial charge in [0.2, 0.25) is 5.88 Å². The summed E-state index contributed by atoms with van der Waals surface area (Å²) in [6.45, 7) is 1.98. The number of methoxy groups -OCH3 is 2. The smallest absolute Gasteiger partial charge is 0.216 e. The Balaban J connectivity index is 2.65. The van der Waals surface area contributed by atoms with E-state index in [1.807, 2.05) is 31.2 Å². The zero-order chi connectivity index (χ0) is 10.8. The summed E-state index contributed by atoms with van der Waals surface area (Å²) < 4.78 is 10.3. The standard InChI is InChI=1S/C12H13NO2/c1-8-6-9-7-10(14-2)4-5-11(9)13-12(8)15-3/h4-7H,1-3H3. The van der Waals surface area contributed by atoms with E-state index < -0.39 is 0 Å². The summed E-state index contributed by atoms with van der Waals surface area (Å²) in [6, 6.07) is 7.83. The molecule has 2 aromatic rings. The highest BCUT2D eigenvalue weighted by molar-refractivity contribution is 5.81. The Morgan fingerprint density at radius 2 is 1.87 bits per heavy atom. The molecule has 2 rings (SSSR count). The summed E-state index contributed by atoms with van der Waals surface area (Å²) >= 11 is 0. The van der Waals surface area contributed by atoms with Crippen molar-refractivity contribution in [3.63, 3.8) is 0 Å². The highest BCUT2D eigenvalue weighted by atomic mass is 16.5. The van der Waals surface area contributed by atoms with Gasteiger partial charge in [-0.2, -0.15) is 0 Å². The van der Waals surface area contributed by atoms with Gasteiger partial charge in [0.05, 0.1) is 19.7 Å². The van der Waals surface area contributed by atoms with Gasteiger partial charge in [-0.1, -0.05) is 0 Å². The molecule has 15 heavy (non-hydrogen) atoms. The zero-order valence-corrected chi connectivity index (χ0v) is 9.07. The fourth-order valence-corrected chi connectivity index (χ4v) is 1.58. The molecule has 1 aromatic carbocycles. The Hall–Kier alpha value is -1.77. The SMILES string of the molecule is COc1ccc2nc(OC)c(C)cc2c1. The minimum atomic E-state index is 0.674. The van der Waals surface area contributed by atoms with Gasteiger partial charge in [0, 0.05) is 10.9 Å². The third-order valence-corrected chi connectivity index (χ3v) is 2.36. The third kappa shape index (κ3) is 1.73. The third-order valence-electron chi connectivity index (χ3n) is 2.36. The predicted molar refractivity (Wildman–Crippen MR) is 59.6 cm³/mol. The molecule has 0 saturated carbocycles. The molecule has 1 aromatic heterocycles. The summed E-state index contributed by atoms with van der Waals surface area (Å²) in [5, 5.41) is 1.06. The summed E-state index contributed by atoms with van der Waals surface area (Å²) in [4.78, 5) is 4.39. The Morgan fingerprint density at radius 3 is 2.53 bits per heavy atom. The van der Waals surface area contributed by atoms with E-state index in [2.05, 4.69) is 4.98 Å². The predicted octanol–water partition coefficient (Wildman–Crippen LogP) is 2.56. The van der Waals surface area contributed by atoms with Gasteiger partial charge >= 0.3 is 0 Å². The lowest BCUT2D eigenvalue weighted by Gasteiger charge is -2.06. The molecule has 0 fully saturated rings. The van der Waals surface area contributed by atoms with Crippen LogP contribution in [0, 0.1) is 6.92 Å². The maximum Gasteiger partial charge on any atom is 0.216 e. The molecule has 3 nitrogen and oxygen atoms in total. The Morgan fingerprint density at radius 1 is 1.07 bits per heavy atom. The highest BCUT2D eigenvalue weighted by Gasteiger charge is 2.03. The largest absolute Gasteiger partial charge is 0.497 e. The number of rotatable bonds is 2. The molecule has 0 aliphatic rings. The molecule has 0 unspecified atom stereocenters. The van der Waals surface area contributed by atoms with Gasteiger partial charge in [0.15, 0.2) is 0 Å². The molecule has 0 radical (unpaired) electrons. The van der Waals surface area contributed by atoms with Gasteiger partial charge in [-0.05, 0) is 31.2 Å². The second-order valence-electron chi connectivity index (χ2n) is 3.37. The lowest BCUT2D eigenvalue weighted by molar-refractivity contribution is 0.396. The first-order valence-corrected chi connectivity index (χ1v) is 4.74. The van der Waals surface area contributed by atoms with Crippen LogP contribution in [0.3, 0.4) is 0 Å². The fraction of sp³-hybridized carbons (Fsp3) is 0.250. The van der Waals surface area contributed by atoms with Gasteiger partial charge < -0.3 is 9.47 Å². The van der Waals surface area contributed by atoms with Crippen molar-refractivity contribution in [2.24, 2.45) is 0 Å². The van der Waals surface area contributed by atoms with Gasteiger partial charge in [-0.3, -0.25) is 0 Å². The monoisotopic (exact) mass is 203 g/mol. The van der Waals surface area contributed by atoms with Crippen molar-refractivity contribution in [3.8, 4) is 11.6 Å². The number of fused-ring (bicyclic) bond motifs is 1. The van der Waals surface area contributed by atoms with Crippen LogP contribution in [-0.4, -0.2) is 19.2 Å². The molecule has 0 aliphatic carbocycles. The van der Waals surface area contributed by atoms with Gasteiger partial charge in [0.1, 0.15) is 5.75 Å². The van der Waals surface area contributed by atoms with Crippen LogP contribution in [0.2, 0.25) is 0 Å². The molecule has 0 saturated heterocycles. The van der Waals surface area contributed by atoms with Crippen LogP contribution in [0.4, 0.5) is 0 Å². The van der Waals surface area contributed by atoms with Crippen molar-refractivity contribution in [2.75, 3.05) is 14.2 Å². The number of ether oxygens (including phenoxy) is 2. The van der Waals surface area contributed by atoms with E-state index in [9.17, 15) is 0 Å². The topological polar surface area (TPSA) is 31.4 Å². The molecule has 0 N–H and O–H groups in total. The van der Waals surface area contributed by atoms with Crippen molar-refractivity contribution >= 4 is 10.9 Å². The Kier molecular flexibility index (Phi) is 2.46. The van der Waals surface area contributed by atoms with Crippen LogP contribution in [-0.2, 0) is 0 Å². The molecule has 1 heterocycles. The highest BCUT2D eigenvalue weighted by Crippen LogP contribution is 2.24. The van der Waals surface area contributed by atoms with Crippen LogP contribution in [0.15, 0.2) is 24.3 Å². The molecule has 0 aliphatic heterocycles. The first-order chi connectivity index (χ1) is 7.24. The summed E-state index contributed by atoms with van der Waals surface area (Å²) in [7, 11) is 3.29. The average Bonchev–Trinajstić information content (AvgIpc) is 2.27. The average molecular weight is 203 g/mol. The first-order valence-electron chi connectivity index (χ1n) is 4.74. The molecule has 0 bridgehead atoms.